The number of hydrogen-bond donors (Lipinski definition) is 2. The molecule has 8 nitrogen and oxygen atoms in total. The fraction of sp³-hybridized carbons (Fsp3) is 0.167. The largest absolute Gasteiger partial charge is 0.289 e. The van der Waals surface area contributed by atoms with Crippen molar-refractivity contribution in [3.05, 3.63) is 70.5 Å². The van der Waals surface area contributed by atoms with Gasteiger partial charge in [0, 0.05) is 4.47 Å². The van der Waals surface area contributed by atoms with Gasteiger partial charge in [-0.25, -0.2) is 18.1 Å². The summed E-state index contributed by atoms with van der Waals surface area (Å²) in [4.78, 5) is 16.7. The quantitative estimate of drug-likeness (QED) is 0.559. The molecule has 146 valence electrons. The normalized spacial score (nSPS) is 11.2. The lowest BCUT2D eigenvalue weighted by atomic mass is 10.2. The third kappa shape index (κ3) is 5.17. The number of benzene rings is 2. The van der Waals surface area contributed by atoms with Crippen molar-refractivity contribution >= 4 is 43.5 Å². The van der Waals surface area contributed by atoms with E-state index in [1.54, 1.807) is 16.8 Å². The number of carbonyl (C=O) groups excluding carboxylic acids is 1. The molecule has 0 saturated heterocycles. The predicted octanol–water partition coefficient (Wildman–Crippen LogP) is 3.10. The molecule has 10 heteroatoms. The molecular formula is C18H18BrN5O3S. The zero-order valence-corrected chi connectivity index (χ0v) is 17.4. The molecule has 0 bridgehead atoms. The summed E-state index contributed by atoms with van der Waals surface area (Å²) in [5.74, 6) is -0.462. The monoisotopic (exact) mass is 463 g/mol. The Morgan fingerprint density at radius 3 is 2.57 bits per heavy atom. The van der Waals surface area contributed by atoms with E-state index in [4.69, 9.17) is 0 Å². The van der Waals surface area contributed by atoms with Crippen molar-refractivity contribution < 1.29 is 13.2 Å². The summed E-state index contributed by atoms with van der Waals surface area (Å²) in [6, 6.07) is 14.1. The minimum Gasteiger partial charge on any atom is -0.289 e. The number of hydrogen-bond acceptors (Lipinski definition) is 5. The first-order valence-electron chi connectivity index (χ1n) is 8.41. The highest BCUT2D eigenvalue weighted by Gasteiger charge is 2.16. The van der Waals surface area contributed by atoms with Crippen LogP contribution in [0.1, 0.15) is 22.8 Å². The maximum absolute atomic E-state index is 12.6. The van der Waals surface area contributed by atoms with Gasteiger partial charge in [0.2, 0.25) is 16.0 Å². The molecule has 2 N–H and O–H groups in total. The van der Waals surface area contributed by atoms with Crippen LogP contribution in [0.2, 0.25) is 0 Å². The van der Waals surface area contributed by atoms with Crippen LogP contribution >= 0.6 is 15.9 Å². The Kier molecular flexibility index (Phi) is 6.10. The predicted molar refractivity (Wildman–Crippen MR) is 111 cm³/mol. The average molecular weight is 464 g/mol. The second-order valence-electron chi connectivity index (χ2n) is 5.90. The number of nitrogens with zero attached hydrogens (tertiary/aromatic N) is 3. The molecule has 1 aromatic heterocycles. The Hall–Kier alpha value is -2.72. The Balaban J connectivity index is 1.72. The van der Waals surface area contributed by atoms with Gasteiger partial charge in [0.1, 0.15) is 6.33 Å². The second-order valence-corrected chi connectivity index (χ2v) is 8.82. The first-order valence-corrected chi connectivity index (χ1v) is 10.9. The molecule has 0 atom stereocenters. The van der Waals surface area contributed by atoms with E-state index in [0.29, 0.717) is 6.54 Å². The number of amides is 1. The highest BCUT2D eigenvalue weighted by molar-refractivity contribution is 9.10. The molecule has 1 amide bonds. The van der Waals surface area contributed by atoms with Crippen molar-refractivity contribution in [2.75, 3.05) is 15.8 Å². The molecule has 0 aliphatic heterocycles. The van der Waals surface area contributed by atoms with E-state index in [0.717, 1.165) is 10.0 Å². The number of carbonyl (C=O) groups is 1. The lowest BCUT2D eigenvalue weighted by molar-refractivity contribution is 0.102. The minimum atomic E-state index is -3.50. The number of para-hydroxylation sites is 1. The lowest BCUT2D eigenvalue weighted by Gasteiger charge is -2.10. The van der Waals surface area contributed by atoms with Crippen molar-refractivity contribution in [2.45, 2.75) is 13.5 Å². The highest BCUT2D eigenvalue weighted by atomic mass is 79.9. The number of anilines is 2. The van der Waals surface area contributed by atoms with Gasteiger partial charge in [-0.15, -0.1) is 5.10 Å². The van der Waals surface area contributed by atoms with Gasteiger partial charge in [-0.3, -0.25) is 14.8 Å². The topological polar surface area (TPSA) is 106 Å². The Labute approximate surface area is 171 Å². The molecule has 1 heterocycles. The standard InChI is InChI=1S/C18H18BrN5O3S/c1-2-28(26,27)23-16-6-4-3-5-15(16)17(25)21-18-20-12-24(22-18)11-13-7-9-14(19)10-8-13/h3-10,12,23H,2,11H2,1H3,(H,21,22,25). The van der Waals surface area contributed by atoms with Gasteiger partial charge >= 0.3 is 0 Å². The average Bonchev–Trinajstić information content (AvgIpc) is 3.10. The van der Waals surface area contributed by atoms with Gasteiger partial charge in [-0.1, -0.05) is 40.2 Å². The molecule has 2 aromatic carbocycles. The van der Waals surface area contributed by atoms with Crippen LogP contribution in [-0.4, -0.2) is 34.8 Å². The number of rotatable bonds is 7. The van der Waals surface area contributed by atoms with Crippen LogP contribution in [0.25, 0.3) is 0 Å². The number of sulfonamides is 1. The van der Waals surface area contributed by atoms with Gasteiger partial charge in [0.25, 0.3) is 5.91 Å². The highest BCUT2D eigenvalue weighted by Crippen LogP contribution is 2.18. The van der Waals surface area contributed by atoms with E-state index >= 15 is 0 Å². The van der Waals surface area contributed by atoms with E-state index in [-0.39, 0.29) is 23.0 Å². The first kappa shape index (κ1) is 20.0. The summed E-state index contributed by atoms with van der Waals surface area (Å²) in [6.45, 7) is 2.02. The summed E-state index contributed by atoms with van der Waals surface area (Å²) < 4.78 is 28.6. The molecular weight excluding hydrogens is 446 g/mol. The lowest BCUT2D eigenvalue weighted by Crippen LogP contribution is -2.20. The molecule has 0 saturated carbocycles. The Morgan fingerprint density at radius 2 is 1.86 bits per heavy atom. The summed E-state index contributed by atoms with van der Waals surface area (Å²) in [5.41, 5.74) is 1.42. The number of aromatic nitrogens is 3. The van der Waals surface area contributed by atoms with Crippen LogP contribution in [0, 0.1) is 0 Å². The third-order valence-corrected chi connectivity index (χ3v) is 5.66. The van der Waals surface area contributed by atoms with Crippen molar-refractivity contribution in [1.29, 1.82) is 0 Å². The van der Waals surface area contributed by atoms with Crippen molar-refractivity contribution in [1.82, 2.24) is 14.8 Å². The smallest absolute Gasteiger partial charge is 0.260 e. The molecule has 3 rings (SSSR count). The fourth-order valence-corrected chi connectivity index (χ4v) is 3.31. The van der Waals surface area contributed by atoms with E-state index < -0.39 is 15.9 Å². The first-order chi connectivity index (χ1) is 13.4. The maximum atomic E-state index is 12.6. The van der Waals surface area contributed by atoms with Crippen LogP contribution in [0.4, 0.5) is 11.6 Å². The van der Waals surface area contributed by atoms with Crippen molar-refractivity contribution in [3.8, 4) is 0 Å². The maximum Gasteiger partial charge on any atom is 0.260 e. The molecule has 0 spiro atoms. The Morgan fingerprint density at radius 1 is 1.14 bits per heavy atom. The van der Waals surface area contributed by atoms with Crippen molar-refractivity contribution in [3.63, 3.8) is 0 Å². The molecule has 0 unspecified atom stereocenters. The fourth-order valence-electron chi connectivity index (χ4n) is 2.38. The SMILES string of the molecule is CCS(=O)(=O)Nc1ccccc1C(=O)Nc1ncn(Cc2ccc(Br)cc2)n1. The molecule has 0 radical (unpaired) electrons. The van der Waals surface area contributed by atoms with Crippen LogP contribution in [0.5, 0.6) is 0 Å². The summed E-state index contributed by atoms with van der Waals surface area (Å²) in [7, 11) is -3.50. The van der Waals surface area contributed by atoms with Crippen LogP contribution in [-0.2, 0) is 16.6 Å². The summed E-state index contributed by atoms with van der Waals surface area (Å²) >= 11 is 3.39. The van der Waals surface area contributed by atoms with E-state index in [1.165, 1.54) is 25.4 Å². The zero-order chi connectivity index (χ0) is 20.1. The van der Waals surface area contributed by atoms with E-state index in [9.17, 15) is 13.2 Å². The third-order valence-electron chi connectivity index (χ3n) is 3.84. The van der Waals surface area contributed by atoms with Crippen LogP contribution in [0.15, 0.2) is 59.3 Å². The molecule has 0 fully saturated rings. The Bertz CT molecular complexity index is 1080. The van der Waals surface area contributed by atoms with Crippen molar-refractivity contribution in [2.24, 2.45) is 0 Å². The second kappa shape index (κ2) is 8.53. The zero-order valence-electron chi connectivity index (χ0n) is 15.0. The number of halogens is 1. The van der Waals surface area contributed by atoms with Gasteiger partial charge < -0.3 is 0 Å². The summed E-state index contributed by atoms with van der Waals surface area (Å²) in [5, 5.41) is 6.83. The molecule has 3 aromatic rings. The molecule has 0 aliphatic rings. The van der Waals surface area contributed by atoms with Gasteiger partial charge in [-0.2, -0.15) is 0 Å². The summed E-state index contributed by atoms with van der Waals surface area (Å²) in [6.07, 6.45) is 1.52. The molecule has 0 aliphatic carbocycles. The number of nitrogens with one attached hydrogen (secondary N) is 2. The van der Waals surface area contributed by atoms with Crippen LogP contribution < -0.4 is 10.0 Å². The van der Waals surface area contributed by atoms with Gasteiger partial charge in [0.05, 0.1) is 23.5 Å². The van der Waals surface area contributed by atoms with E-state index in [1.807, 2.05) is 24.3 Å². The molecule has 28 heavy (non-hydrogen) atoms. The van der Waals surface area contributed by atoms with Gasteiger partial charge in [0.15, 0.2) is 0 Å². The van der Waals surface area contributed by atoms with Crippen LogP contribution in [0.3, 0.4) is 0 Å². The van der Waals surface area contributed by atoms with E-state index in [2.05, 4.69) is 36.1 Å². The van der Waals surface area contributed by atoms with Gasteiger partial charge in [-0.05, 0) is 36.8 Å². The minimum absolute atomic E-state index is 0.0923.